The smallest absolute Gasteiger partial charge is 0.255 e. The van der Waals surface area contributed by atoms with Crippen LogP contribution in [0.1, 0.15) is 40.9 Å². The molecule has 1 atom stereocenters. The number of hydrogen-bond donors (Lipinski definition) is 0. The number of benzene rings is 1. The highest BCUT2D eigenvalue weighted by molar-refractivity contribution is 7.99. The van der Waals surface area contributed by atoms with E-state index < -0.39 is 0 Å². The van der Waals surface area contributed by atoms with Gasteiger partial charge in [-0.15, -0.1) is 0 Å². The molecule has 1 saturated heterocycles. The quantitative estimate of drug-likeness (QED) is 0.794. The van der Waals surface area contributed by atoms with Crippen molar-refractivity contribution in [3.8, 4) is 0 Å². The summed E-state index contributed by atoms with van der Waals surface area (Å²) in [5, 5.41) is 1.29. The number of thioether (sulfide) groups is 1. The van der Waals surface area contributed by atoms with Gasteiger partial charge in [0.05, 0.1) is 10.6 Å². The summed E-state index contributed by atoms with van der Waals surface area (Å²) in [6.45, 7) is 3.92. The highest BCUT2D eigenvalue weighted by Crippen LogP contribution is 2.33. The van der Waals surface area contributed by atoms with Gasteiger partial charge in [-0.25, -0.2) is 4.98 Å². The SMILES string of the molecule is CC(Sc1ccc(C(=O)N2CCCC2)cn1)c1ccccc1. The van der Waals surface area contributed by atoms with Crippen molar-refractivity contribution in [1.29, 1.82) is 0 Å². The van der Waals surface area contributed by atoms with E-state index in [9.17, 15) is 4.79 Å². The molecule has 0 N–H and O–H groups in total. The summed E-state index contributed by atoms with van der Waals surface area (Å²) in [6.07, 6.45) is 3.93. The minimum Gasteiger partial charge on any atom is -0.339 e. The van der Waals surface area contributed by atoms with Crippen molar-refractivity contribution in [3.05, 3.63) is 59.8 Å². The van der Waals surface area contributed by atoms with E-state index in [1.165, 1.54) is 5.56 Å². The van der Waals surface area contributed by atoms with Gasteiger partial charge in [-0.1, -0.05) is 42.1 Å². The maximum atomic E-state index is 12.3. The number of likely N-dealkylation sites (tertiary alicyclic amines) is 1. The fourth-order valence-electron chi connectivity index (χ4n) is 2.65. The predicted octanol–water partition coefficient (Wildman–Crippen LogP) is 4.17. The van der Waals surface area contributed by atoms with Gasteiger partial charge in [0.1, 0.15) is 0 Å². The van der Waals surface area contributed by atoms with Gasteiger partial charge < -0.3 is 4.90 Å². The van der Waals surface area contributed by atoms with Crippen LogP contribution in [0, 0.1) is 0 Å². The minimum absolute atomic E-state index is 0.109. The molecule has 1 fully saturated rings. The third kappa shape index (κ3) is 3.50. The van der Waals surface area contributed by atoms with Crippen LogP contribution in [-0.4, -0.2) is 28.9 Å². The van der Waals surface area contributed by atoms with Crippen LogP contribution in [-0.2, 0) is 0 Å². The second-order valence-electron chi connectivity index (χ2n) is 5.56. The van der Waals surface area contributed by atoms with Crippen LogP contribution in [0.25, 0.3) is 0 Å². The third-order valence-corrected chi connectivity index (χ3v) is 5.05. The molecule has 1 aromatic carbocycles. The van der Waals surface area contributed by atoms with E-state index in [4.69, 9.17) is 0 Å². The summed E-state index contributed by atoms with van der Waals surface area (Å²) in [5.74, 6) is 0.109. The van der Waals surface area contributed by atoms with Crippen LogP contribution in [0.4, 0.5) is 0 Å². The van der Waals surface area contributed by atoms with Gasteiger partial charge in [0.25, 0.3) is 5.91 Å². The molecular formula is C18H20N2OS. The number of carbonyl (C=O) groups is 1. The Labute approximate surface area is 135 Å². The zero-order valence-corrected chi connectivity index (χ0v) is 13.6. The molecule has 0 saturated carbocycles. The van der Waals surface area contributed by atoms with Crippen molar-refractivity contribution in [2.24, 2.45) is 0 Å². The second-order valence-corrected chi connectivity index (χ2v) is 6.92. The highest BCUT2D eigenvalue weighted by Gasteiger charge is 2.19. The van der Waals surface area contributed by atoms with E-state index in [1.807, 2.05) is 23.1 Å². The van der Waals surface area contributed by atoms with Crippen LogP contribution < -0.4 is 0 Å². The first kappa shape index (κ1) is 15.1. The normalized spacial score (nSPS) is 15.8. The summed E-state index contributed by atoms with van der Waals surface area (Å²) in [7, 11) is 0. The third-order valence-electron chi connectivity index (χ3n) is 3.94. The molecule has 1 aliphatic rings. The van der Waals surface area contributed by atoms with E-state index in [2.05, 4.69) is 36.2 Å². The van der Waals surface area contributed by atoms with Crippen LogP contribution in [0.5, 0.6) is 0 Å². The lowest BCUT2D eigenvalue weighted by Gasteiger charge is -2.15. The van der Waals surface area contributed by atoms with Gasteiger partial charge in [-0.05, 0) is 37.5 Å². The van der Waals surface area contributed by atoms with Crippen LogP contribution in [0.3, 0.4) is 0 Å². The first-order valence-electron chi connectivity index (χ1n) is 7.71. The lowest BCUT2D eigenvalue weighted by molar-refractivity contribution is 0.0792. The molecule has 3 nitrogen and oxygen atoms in total. The second kappa shape index (κ2) is 6.97. The fraction of sp³-hybridized carbons (Fsp3) is 0.333. The molecule has 22 heavy (non-hydrogen) atoms. The Bertz CT molecular complexity index is 621. The number of carbonyl (C=O) groups excluding carboxylic acids is 1. The van der Waals surface area contributed by atoms with Gasteiger partial charge in [0.15, 0.2) is 0 Å². The molecule has 1 unspecified atom stereocenters. The predicted molar refractivity (Wildman–Crippen MR) is 90.1 cm³/mol. The van der Waals surface area contributed by atoms with Gasteiger partial charge >= 0.3 is 0 Å². The Kier molecular flexibility index (Phi) is 4.78. The Morgan fingerprint density at radius 3 is 2.50 bits per heavy atom. The molecule has 0 spiro atoms. The molecule has 2 heterocycles. The summed E-state index contributed by atoms with van der Waals surface area (Å²) in [6, 6.07) is 14.2. The van der Waals surface area contributed by atoms with Gasteiger partial charge in [0.2, 0.25) is 0 Å². The molecule has 0 bridgehead atoms. The standard InChI is InChI=1S/C18H20N2OS/c1-14(15-7-3-2-4-8-15)22-17-10-9-16(13-19-17)18(21)20-11-5-6-12-20/h2-4,7-10,13-14H,5-6,11-12H2,1H3. The number of amides is 1. The number of aromatic nitrogens is 1. The topological polar surface area (TPSA) is 33.2 Å². The number of hydrogen-bond acceptors (Lipinski definition) is 3. The van der Waals surface area contributed by atoms with Crippen LogP contribution in [0.15, 0.2) is 53.7 Å². The number of nitrogens with zero attached hydrogens (tertiary/aromatic N) is 2. The average Bonchev–Trinajstić information content (AvgIpc) is 3.10. The van der Waals surface area contributed by atoms with Gasteiger partial charge in [0, 0.05) is 24.5 Å². The molecule has 2 aromatic rings. The molecule has 114 valence electrons. The molecule has 4 heteroatoms. The molecule has 1 aromatic heterocycles. The number of pyridine rings is 1. The molecule has 3 rings (SSSR count). The largest absolute Gasteiger partial charge is 0.339 e. The van der Waals surface area contributed by atoms with Crippen molar-refractivity contribution in [2.45, 2.75) is 30.0 Å². The molecule has 0 radical (unpaired) electrons. The van der Waals surface area contributed by atoms with Crippen molar-refractivity contribution >= 4 is 17.7 Å². The van der Waals surface area contributed by atoms with E-state index in [0.717, 1.165) is 31.0 Å². The van der Waals surface area contributed by atoms with E-state index >= 15 is 0 Å². The monoisotopic (exact) mass is 312 g/mol. The molecular weight excluding hydrogens is 292 g/mol. The van der Waals surface area contributed by atoms with E-state index in [0.29, 0.717) is 10.8 Å². The summed E-state index contributed by atoms with van der Waals surface area (Å²) in [5.41, 5.74) is 1.98. The Balaban J connectivity index is 1.65. The lowest BCUT2D eigenvalue weighted by Crippen LogP contribution is -2.27. The van der Waals surface area contributed by atoms with Gasteiger partial charge in [-0.2, -0.15) is 0 Å². The Morgan fingerprint density at radius 2 is 1.86 bits per heavy atom. The lowest BCUT2D eigenvalue weighted by atomic mass is 10.2. The van der Waals surface area contributed by atoms with Crippen LogP contribution in [0.2, 0.25) is 0 Å². The highest BCUT2D eigenvalue weighted by atomic mass is 32.2. The van der Waals surface area contributed by atoms with Crippen LogP contribution >= 0.6 is 11.8 Å². The molecule has 0 aliphatic carbocycles. The Morgan fingerprint density at radius 1 is 1.14 bits per heavy atom. The van der Waals surface area contributed by atoms with E-state index in [-0.39, 0.29) is 5.91 Å². The zero-order valence-electron chi connectivity index (χ0n) is 12.7. The van der Waals surface area contributed by atoms with E-state index in [1.54, 1.807) is 18.0 Å². The fourth-order valence-corrected chi connectivity index (χ4v) is 3.57. The molecule has 1 aliphatic heterocycles. The first-order valence-corrected chi connectivity index (χ1v) is 8.59. The maximum absolute atomic E-state index is 12.3. The van der Waals surface area contributed by atoms with Crippen molar-refractivity contribution in [2.75, 3.05) is 13.1 Å². The average molecular weight is 312 g/mol. The summed E-state index contributed by atoms with van der Waals surface area (Å²) in [4.78, 5) is 18.6. The summed E-state index contributed by atoms with van der Waals surface area (Å²) < 4.78 is 0. The minimum atomic E-state index is 0.109. The van der Waals surface area contributed by atoms with Crippen molar-refractivity contribution in [3.63, 3.8) is 0 Å². The van der Waals surface area contributed by atoms with Crippen molar-refractivity contribution in [1.82, 2.24) is 9.88 Å². The zero-order chi connectivity index (χ0) is 15.4. The molecule has 1 amide bonds. The summed E-state index contributed by atoms with van der Waals surface area (Å²) >= 11 is 1.71. The number of rotatable bonds is 4. The van der Waals surface area contributed by atoms with Gasteiger partial charge in [-0.3, -0.25) is 4.79 Å². The first-order chi connectivity index (χ1) is 10.7. The maximum Gasteiger partial charge on any atom is 0.255 e. The van der Waals surface area contributed by atoms with Crippen molar-refractivity contribution < 1.29 is 4.79 Å². The Hall–Kier alpha value is -1.81.